The Bertz CT molecular complexity index is 3080. The van der Waals surface area contributed by atoms with E-state index in [1.54, 1.807) is 0 Å². The number of aliphatic imine (C=N–C) groups is 1. The highest BCUT2D eigenvalue weighted by Gasteiger charge is 2.42. The Morgan fingerprint density at radius 1 is 0.763 bits per heavy atom. The predicted molar refractivity (Wildman–Crippen MR) is 250 cm³/mol. The van der Waals surface area contributed by atoms with Gasteiger partial charge in [-0.25, -0.2) is 4.99 Å². The Hall–Kier alpha value is -6.17. The molecule has 0 radical (unpaired) electrons. The number of nitrogens with one attached hydrogen (secondary N) is 1. The highest BCUT2D eigenvalue weighted by atomic mass is 32.1. The molecule has 0 bridgehead atoms. The molecule has 5 atom stereocenters. The fraction of sp³-hybridized carbons (Fsp3) is 0.204. The molecule has 5 aliphatic carbocycles. The summed E-state index contributed by atoms with van der Waals surface area (Å²) < 4.78 is 4.04. The SMILES string of the molecule is C1=CCC2N=C(N3c4ccc(-c5ccc6c7c(sc6c5)C=CCC7)cc4C4C=CC=CC43)NC(C3=CCC(n4c5c(c6c7ccccc7ccc64)C=CCC5)C=C3)C2=C1. The van der Waals surface area contributed by atoms with E-state index in [-0.39, 0.29) is 30.1 Å². The Morgan fingerprint density at radius 3 is 2.63 bits per heavy atom. The van der Waals surface area contributed by atoms with Crippen molar-refractivity contribution in [3.63, 3.8) is 0 Å². The van der Waals surface area contributed by atoms with Crippen LogP contribution in [0.4, 0.5) is 5.69 Å². The van der Waals surface area contributed by atoms with Crippen molar-refractivity contribution in [1.29, 1.82) is 0 Å². The highest BCUT2D eigenvalue weighted by Crippen LogP contribution is 2.48. The first kappa shape index (κ1) is 33.8. The summed E-state index contributed by atoms with van der Waals surface area (Å²) in [7, 11) is 0. The summed E-state index contributed by atoms with van der Waals surface area (Å²) in [6.45, 7) is 0. The molecule has 4 heterocycles. The third kappa shape index (κ3) is 5.17. The minimum atomic E-state index is 0.0555. The number of benzene rings is 4. The monoisotopic (exact) mass is 780 g/mol. The molecular formula is C54H44N4S. The van der Waals surface area contributed by atoms with Gasteiger partial charge in [0.05, 0.1) is 29.7 Å². The molecule has 13 rings (SSSR count). The summed E-state index contributed by atoms with van der Waals surface area (Å²) in [5.41, 5.74) is 13.6. The van der Waals surface area contributed by atoms with Crippen LogP contribution in [0.2, 0.25) is 0 Å². The van der Waals surface area contributed by atoms with Crippen molar-refractivity contribution < 1.29 is 0 Å². The smallest absolute Gasteiger partial charge is 0.200 e. The largest absolute Gasteiger partial charge is 0.345 e. The number of guanidine groups is 1. The summed E-state index contributed by atoms with van der Waals surface area (Å²) in [5.74, 6) is 1.24. The molecule has 4 aromatic carbocycles. The molecule has 2 aromatic heterocycles. The molecule has 4 nitrogen and oxygen atoms in total. The Kier molecular flexibility index (Phi) is 7.54. The Balaban J connectivity index is 0.840. The van der Waals surface area contributed by atoms with Crippen molar-refractivity contribution in [1.82, 2.24) is 9.88 Å². The molecule has 7 aliphatic rings. The van der Waals surface area contributed by atoms with Crippen LogP contribution in [0, 0.1) is 0 Å². The number of nitrogens with zero attached hydrogens (tertiary/aromatic N) is 3. The fourth-order valence-electron chi connectivity index (χ4n) is 11.2. The van der Waals surface area contributed by atoms with Crippen LogP contribution >= 0.6 is 11.3 Å². The maximum Gasteiger partial charge on any atom is 0.200 e. The molecule has 59 heavy (non-hydrogen) atoms. The number of hydrogen-bond donors (Lipinski definition) is 1. The highest BCUT2D eigenvalue weighted by molar-refractivity contribution is 7.20. The second-order valence-electron chi connectivity index (χ2n) is 17.1. The van der Waals surface area contributed by atoms with Crippen molar-refractivity contribution in [2.24, 2.45) is 4.99 Å². The predicted octanol–water partition coefficient (Wildman–Crippen LogP) is 12.7. The van der Waals surface area contributed by atoms with E-state index in [4.69, 9.17) is 4.99 Å². The van der Waals surface area contributed by atoms with Gasteiger partial charge in [-0.1, -0.05) is 128 Å². The lowest BCUT2D eigenvalue weighted by Gasteiger charge is -2.40. The van der Waals surface area contributed by atoms with Gasteiger partial charge in [-0.05, 0) is 118 Å². The quantitative estimate of drug-likeness (QED) is 0.194. The molecule has 0 amide bonds. The number of hydrogen-bond acceptors (Lipinski definition) is 4. The molecule has 1 N–H and O–H groups in total. The van der Waals surface area contributed by atoms with Crippen LogP contribution in [0.3, 0.4) is 0 Å². The van der Waals surface area contributed by atoms with E-state index >= 15 is 0 Å². The van der Waals surface area contributed by atoms with E-state index in [1.807, 2.05) is 11.3 Å². The molecule has 0 saturated heterocycles. The third-order valence-corrected chi connectivity index (χ3v) is 15.1. The molecule has 2 aliphatic heterocycles. The van der Waals surface area contributed by atoms with E-state index in [9.17, 15) is 0 Å². The minimum Gasteiger partial charge on any atom is -0.345 e. The van der Waals surface area contributed by atoms with Crippen molar-refractivity contribution in [3.05, 3.63) is 184 Å². The topological polar surface area (TPSA) is 32.6 Å². The van der Waals surface area contributed by atoms with E-state index in [1.165, 1.54) is 87.0 Å². The number of anilines is 1. The van der Waals surface area contributed by atoms with Gasteiger partial charge in [0.2, 0.25) is 0 Å². The van der Waals surface area contributed by atoms with Crippen molar-refractivity contribution in [2.45, 2.75) is 68.6 Å². The average molecular weight is 781 g/mol. The first-order valence-corrected chi connectivity index (χ1v) is 22.4. The lowest BCUT2D eigenvalue weighted by Crippen LogP contribution is -2.54. The first-order valence-electron chi connectivity index (χ1n) is 21.6. The second kappa shape index (κ2) is 13.2. The van der Waals surface area contributed by atoms with Crippen LogP contribution in [-0.2, 0) is 12.8 Å². The summed E-state index contributed by atoms with van der Waals surface area (Å²) in [6.07, 6.45) is 39.1. The fourth-order valence-corrected chi connectivity index (χ4v) is 12.4. The van der Waals surface area contributed by atoms with Crippen LogP contribution < -0.4 is 10.2 Å². The van der Waals surface area contributed by atoms with Crippen LogP contribution in [0.1, 0.15) is 64.9 Å². The molecule has 286 valence electrons. The van der Waals surface area contributed by atoms with Crippen LogP contribution in [0.25, 0.3) is 55.0 Å². The zero-order valence-electron chi connectivity index (χ0n) is 32.9. The summed E-state index contributed by atoms with van der Waals surface area (Å²) >= 11 is 1.94. The van der Waals surface area contributed by atoms with Crippen molar-refractivity contribution >= 4 is 66.9 Å². The molecular weight excluding hydrogens is 737 g/mol. The zero-order valence-corrected chi connectivity index (χ0v) is 33.7. The third-order valence-electron chi connectivity index (χ3n) is 14.0. The number of rotatable bonds is 3. The number of allylic oxidation sites excluding steroid dienone is 8. The van der Waals surface area contributed by atoms with Crippen LogP contribution in [0.5, 0.6) is 0 Å². The maximum absolute atomic E-state index is 5.52. The van der Waals surface area contributed by atoms with Gasteiger partial charge >= 0.3 is 0 Å². The summed E-state index contributed by atoms with van der Waals surface area (Å²) in [5, 5.41) is 9.54. The van der Waals surface area contributed by atoms with E-state index in [2.05, 4.69) is 173 Å². The molecule has 0 saturated carbocycles. The van der Waals surface area contributed by atoms with E-state index in [0.717, 1.165) is 44.5 Å². The molecule has 5 heteroatoms. The van der Waals surface area contributed by atoms with E-state index in [0.29, 0.717) is 0 Å². The number of aryl methyl sites for hydroxylation is 1. The second-order valence-corrected chi connectivity index (χ2v) is 18.2. The average Bonchev–Trinajstić information content (AvgIpc) is 3.96. The number of fused-ring (bicyclic) bond motifs is 12. The number of thiophene rings is 1. The molecule has 0 fully saturated rings. The van der Waals surface area contributed by atoms with Crippen molar-refractivity contribution in [3.8, 4) is 11.1 Å². The standard InChI is InChI=1S/C54H44N4S/c1-2-12-38-33(11-1)24-30-49-52(38)43-16-5-9-19-47(43)57(49)37-26-21-34(22-27-37)53-42-15-3-7-17-45(42)55-54(56-53)58-46-18-8-4-13-39(46)44-31-35(25-29-48(44)58)36-23-28-41-40-14-6-10-20-50(40)59-51(41)32-36/h1-5,7-8,10-13,15-16,18,20-26,28-32,37,39,45-46,53H,6,9,14,17,19,27H2,(H,55,56). The van der Waals surface area contributed by atoms with Crippen molar-refractivity contribution in [2.75, 3.05) is 4.90 Å². The van der Waals surface area contributed by atoms with Gasteiger partial charge in [0.15, 0.2) is 5.96 Å². The van der Waals surface area contributed by atoms with Gasteiger partial charge in [0.25, 0.3) is 0 Å². The van der Waals surface area contributed by atoms with Gasteiger partial charge in [-0.3, -0.25) is 0 Å². The van der Waals surface area contributed by atoms with E-state index < -0.39 is 0 Å². The minimum absolute atomic E-state index is 0.0555. The summed E-state index contributed by atoms with van der Waals surface area (Å²) in [4.78, 5) is 9.45. The Morgan fingerprint density at radius 2 is 1.66 bits per heavy atom. The molecule has 5 unspecified atom stereocenters. The normalized spacial score (nSPS) is 24.7. The first-order chi connectivity index (χ1) is 29.2. The zero-order chi connectivity index (χ0) is 38.6. The molecule has 6 aromatic rings. The van der Waals surface area contributed by atoms with Gasteiger partial charge in [0, 0.05) is 37.8 Å². The number of aromatic nitrogens is 1. The van der Waals surface area contributed by atoms with Gasteiger partial charge in [-0.15, -0.1) is 11.3 Å². The maximum atomic E-state index is 5.52. The van der Waals surface area contributed by atoms with Crippen LogP contribution in [-0.4, -0.2) is 28.7 Å². The Labute approximate surface area is 349 Å². The van der Waals surface area contributed by atoms with Gasteiger partial charge in [0.1, 0.15) is 0 Å². The lowest BCUT2D eigenvalue weighted by atomic mass is 9.85. The van der Waals surface area contributed by atoms with Gasteiger partial charge in [-0.2, -0.15) is 0 Å². The van der Waals surface area contributed by atoms with Crippen LogP contribution in [0.15, 0.2) is 162 Å². The van der Waals surface area contributed by atoms with Gasteiger partial charge < -0.3 is 14.8 Å². The molecule has 0 spiro atoms. The summed E-state index contributed by atoms with van der Waals surface area (Å²) in [6, 6.07) is 28.4. The lowest BCUT2D eigenvalue weighted by molar-refractivity contribution is 0.580.